The summed E-state index contributed by atoms with van der Waals surface area (Å²) in [6.45, 7) is -1.84. The highest BCUT2D eigenvalue weighted by atomic mass is 127. The van der Waals surface area contributed by atoms with Crippen LogP contribution in [-0.2, 0) is 14.2 Å². The number of fused-ring (bicyclic) bond motifs is 1. The molecule has 2 fully saturated rings. The summed E-state index contributed by atoms with van der Waals surface area (Å²) in [5.41, 5.74) is -2.86. The lowest BCUT2D eigenvalue weighted by molar-refractivity contribution is -0.274. The van der Waals surface area contributed by atoms with Gasteiger partial charge in [0.15, 0.2) is 11.5 Å². The number of hydrogen-bond donors (Lipinski definition) is 8. The predicted octanol–water partition coefficient (Wildman–Crippen LogP) is -0.0416. The van der Waals surface area contributed by atoms with E-state index in [9.17, 15) is 45.6 Å². The maximum absolute atomic E-state index is 13.1. The second-order valence-corrected chi connectivity index (χ2v) is 11.0. The number of alkyl halides is 1. The van der Waals surface area contributed by atoms with Crippen LogP contribution in [0.4, 0.5) is 0 Å². The third-order valence-electron chi connectivity index (χ3n) is 6.85. The number of halogens is 1. The van der Waals surface area contributed by atoms with Gasteiger partial charge in [-0.3, -0.25) is 4.79 Å². The summed E-state index contributed by atoms with van der Waals surface area (Å²) in [5.74, 6) is -1.23. The summed E-state index contributed by atoms with van der Waals surface area (Å²) in [7, 11) is 0. The first-order chi connectivity index (χ1) is 18.4. The maximum Gasteiger partial charge on any atom is 0.251 e. The minimum absolute atomic E-state index is 0.00298. The van der Waals surface area contributed by atoms with Crippen molar-refractivity contribution in [3.05, 3.63) is 52.2 Å². The third kappa shape index (κ3) is 4.75. The molecule has 0 radical (unpaired) electrons. The normalized spacial score (nSPS) is 33.0. The number of aromatic hydroxyl groups is 3. The molecule has 0 aliphatic carbocycles. The minimum Gasteiger partial charge on any atom is -0.508 e. The van der Waals surface area contributed by atoms with E-state index in [0.29, 0.717) is 5.56 Å². The summed E-state index contributed by atoms with van der Waals surface area (Å²) >= 11 is 1.52. The molecule has 2 saturated heterocycles. The lowest BCUT2D eigenvalue weighted by Crippen LogP contribution is -2.57. The molecule has 13 nitrogen and oxygen atoms in total. The summed E-state index contributed by atoms with van der Waals surface area (Å²) in [6, 6.07) is 7.99. The highest BCUT2D eigenvalue weighted by Gasteiger charge is 2.60. The van der Waals surface area contributed by atoms with Crippen LogP contribution in [0.1, 0.15) is 11.7 Å². The van der Waals surface area contributed by atoms with Gasteiger partial charge in [0.1, 0.15) is 64.0 Å². The van der Waals surface area contributed by atoms with E-state index >= 15 is 0 Å². The van der Waals surface area contributed by atoms with Crippen molar-refractivity contribution in [2.24, 2.45) is 0 Å². The van der Waals surface area contributed by atoms with Crippen LogP contribution in [0.2, 0.25) is 0 Å². The Morgan fingerprint density at radius 2 is 1.77 bits per heavy atom. The lowest BCUT2D eigenvalue weighted by atomic mass is 9.91. The summed E-state index contributed by atoms with van der Waals surface area (Å²) < 4.78 is 20.5. The van der Waals surface area contributed by atoms with E-state index < -0.39 is 76.7 Å². The Bertz CT molecular complexity index is 1440. The van der Waals surface area contributed by atoms with Gasteiger partial charge in [0.2, 0.25) is 0 Å². The molecule has 1 aromatic heterocycles. The zero-order chi connectivity index (χ0) is 28.3. The number of rotatable bonds is 5. The highest BCUT2D eigenvalue weighted by molar-refractivity contribution is 14.1. The van der Waals surface area contributed by atoms with Gasteiger partial charge in [-0.25, -0.2) is 0 Å². The minimum atomic E-state index is -2.09. The first-order valence-corrected chi connectivity index (χ1v) is 12.8. The molecule has 0 amide bonds. The van der Waals surface area contributed by atoms with Gasteiger partial charge >= 0.3 is 0 Å². The van der Waals surface area contributed by atoms with Crippen molar-refractivity contribution in [1.29, 1.82) is 0 Å². The number of ether oxygens (including phenoxy) is 3. The molecule has 2 aromatic carbocycles. The lowest BCUT2D eigenvalue weighted by Gasteiger charge is -2.42. The quantitative estimate of drug-likeness (QED) is 0.133. The Hall–Kier alpha value is -2.54. The molecule has 7 atom stereocenters. The monoisotopic (exact) mass is 660 g/mol. The van der Waals surface area contributed by atoms with Crippen LogP contribution in [0, 0.1) is 0 Å². The van der Waals surface area contributed by atoms with Crippen LogP contribution in [0.3, 0.4) is 0 Å². The van der Waals surface area contributed by atoms with Crippen LogP contribution < -0.4 is 5.43 Å². The van der Waals surface area contributed by atoms with Crippen molar-refractivity contribution in [2.45, 2.75) is 39.9 Å². The van der Waals surface area contributed by atoms with Gasteiger partial charge in [-0.2, -0.15) is 0 Å². The van der Waals surface area contributed by atoms with E-state index in [0.717, 1.165) is 12.1 Å². The van der Waals surface area contributed by atoms with E-state index in [2.05, 4.69) is 0 Å². The largest absolute Gasteiger partial charge is 0.508 e. The SMILES string of the molecule is O=c1cc(-c2ccc(O)cc2)oc2cc(O)c(C3OCC(O)C(O)C3O[C@@]3(I)OCC(O)(CO)C3O)c(O)c12. The average molecular weight is 660 g/mol. The number of phenolic OH excluding ortho intramolecular Hbond substituents is 3. The zero-order valence-corrected chi connectivity index (χ0v) is 22.1. The molecule has 39 heavy (non-hydrogen) atoms. The molecular weight excluding hydrogens is 635 g/mol. The van der Waals surface area contributed by atoms with Crippen molar-refractivity contribution >= 4 is 33.6 Å². The Balaban J connectivity index is 1.57. The molecule has 3 aromatic rings. The second-order valence-electron chi connectivity index (χ2n) is 9.48. The van der Waals surface area contributed by atoms with Crippen molar-refractivity contribution in [3.63, 3.8) is 0 Å². The number of benzene rings is 2. The van der Waals surface area contributed by atoms with Gasteiger partial charge in [-0.1, -0.05) is 0 Å². The number of phenols is 3. The van der Waals surface area contributed by atoms with Crippen molar-refractivity contribution < 1.29 is 59.5 Å². The van der Waals surface area contributed by atoms with Gasteiger partial charge < -0.3 is 59.5 Å². The van der Waals surface area contributed by atoms with Crippen molar-refractivity contribution in [2.75, 3.05) is 19.8 Å². The van der Waals surface area contributed by atoms with Gasteiger partial charge in [-0.05, 0) is 46.9 Å². The molecule has 5 rings (SSSR count). The Morgan fingerprint density at radius 1 is 1.08 bits per heavy atom. The van der Waals surface area contributed by atoms with E-state index in [1.54, 1.807) is 0 Å². The number of aliphatic hydroxyl groups is 5. The van der Waals surface area contributed by atoms with Crippen LogP contribution >= 0.6 is 22.6 Å². The summed E-state index contributed by atoms with van der Waals surface area (Å²) in [4.78, 5) is 13.1. The van der Waals surface area contributed by atoms with Crippen LogP contribution in [0.5, 0.6) is 17.2 Å². The molecule has 0 bridgehead atoms. The third-order valence-corrected chi connectivity index (χ3v) is 8.00. The van der Waals surface area contributed by atoms with Gasteiger partial charge in [0.05, 0.1) is 25.4 Å². The summed E-state index contributed by atoms with van der Waals surface area (Å²) in [5, 5.41) is 82.8. The molecule has 210 valence electrons. The smallest absolute Gasteiger partial charge is 0.251 e. The standard InChI is InChI=1S/C25H25IO13/c26-25(23(34)24(35,8-27)9-37-25)39-22-19(32)14(31)7-36-21(22)18-13(30)6-16-17(20(18)33)12(29)5-15(38-16)10-1-3-11(28)4-2-10/h1-6,14,19,21-23,27-28,30-35H,7-9H2/t14?,19?,21?,22?,23?,24?,25-/m0/s1. The molecule has 0 spiro atoms. The van der Waals surface area contributed by atoms with Crippen LogP contribution in [-0.4, -0.2) is 94.5 Å². The first kappa shape index (κ1) is 28.0. The predicted molar refractivity (Wildman–Crippen MR) is 139 cm³/mol. The fraction of sp³-hybridized carbons (Fsp3) is 0.400. The molecule has 3 heterocycles. The topological polar surface area (TPSA) is 220 Å². The van der Waals surface area contributed by atoms with E-state index in [1.807, 2.05) is 0 Å². The van der Waals surface area contributed by atoms with E-state index in [1.165, 1.54) is 46.9 Å². The maximum atomic E-state index is 13.1. The fourth-order valence-electron chi connectivity index (χ4n) is 4.64. The second kappa shape index (κ2) is 10.1. The van der Waals surface area contributed by atoms with Gasteiger partial charge in [0, 0.05) is 17.7 Å². The molecule has 2 aliphatic heterocycles. The van der Waals surface area contributed by atoms with Crippen LogP contribution in [0.15, 0.2) is 45.6 Å². The summed E-state index contributed by atoms with van der Waals surface area (Å²) in [6.07, 6.45) is -8.11. The zero-order valence-electron chi connectivity index (χ0n) is 20.0. The fourth-order valence-corrected chi connectivity index (χ4v) is 5.67. The van der Waals surface area contributed by atoms with Crippen molar-refractivity contribution in [1.82, 2.24) is 0 Å². The Morgan fingerprint density at radius 3 is 2.41 bits per heavy atom. The van der Waals surface area contributed by atoms with Gasteiger partial charge in [0.25, 0.3) is 3.79 Å². The number of aliphatic hydroxyl groups excluding tert-OH is 4. The van der Waals surface area contributed by atoms with Crippen LogP contribution in [0.25, 0.3) is 22.3 Å². The first-order valence-electron chi connectivity index (χ1n) is 11.7. The molecule has 6 unspecified atom stereocenters. The van der Waals surface area contributed by atoms with Gasteiger partial charge in [-0.15, -0.1) is 0 Å². The molecule has 2 aliphatic rings. The molecular formula is C25H25IO13. The van der Waals surface area contributed by atoms with Crippen molar-refractivity contribution in [3.8, 4) is 28.6 Å². The molecule has 8 N–H and O–H groups in total. The Labute approximate surface area is 233 Å². The highest BCUT2D eigenvalue weighted by Crippen LogP contribution is 2.48. The molecule has 0 saturated carbocycles. The average Bonchev–Trinajstić information content (AvgIpc) is 3.12. The van der Waals surface area contributed by atoms with E-state index in [-0.39, 0.29) is 28.0 Å². The number of hydrogen-bond acceptors (Lipinski definition) is 13. The van der Waals surface area contributed by atoms with E-state index in [4.69, 9.17) is 18.6 Å². The Kier molecular flexibility index (Phi) is 7.28. The molecule has 14 heteroatoms.